The van der Waals surface area contributed by atoms with Crippen LogP contribution in [0.4, 0.5) is 4.39 Å². The molecule has 0 aliphatic rings. The fraction of sp³-hybridized carbons (Fsp3) is 0.125. The van der Waals surface area contributed by atoms with Crippen molar-refractivity contribution in [3.63, 3.8) is 0 Å². The van der Waals surface area contributed by atoms with Crippen molar-refractivity contribution in [2.45, 2.75) is 20.1 Å². The lowest BCUT2D eigenvalue weighted by atomic mass is 10.2. The van der Waals surface area contributed by atoms with Crippen LogP contribution in [0.3, 0.4) is 0 Å². The average molecular weight is 450 g/mol. The third-order valence-corrected chi connectivity index (χ3v) is 5.92. The third kappa shape index (κ3) is 4.92. The standard InChI is InChI=1S/C24H20FN3O3S/c1-15-21(23(30)27-13-16-7-9-18(25)10-8-16)32-24(28-15)20-19(11-12-26-22(20)29)31-14-17-5-3-2-4-6-17/h2-12H,13-14H2,1H3,(H,26,29)(H,27,30). The molecule has 2 N–H and O–H groups in total. The van der Waals surface area contributed by atoms with Gasteiger partial charge in [-0.15, -0.1) is 11.3 Å². The monoisotopic (exact) mass is 449 g/mol. The largest absolute Gasteiger partial charge is 0.488 e. The van der Waals surface area contributed by atoms with Crippen LogP contribution in [0.2, 0.25) is 0 Å². The zero-order chi connectivity index (χ0) is 22.5. The number of ether oxygens (including phenoxy) is 1. The van der Waals surface area contributed by atoms with E-state index in [-0.39, 0.29) is 29.4 Å². The molecule has 4 rings (SSSR count). The summed E-state index contributed by atoms with van der Waals surface area (Å²) in [5.41, 5.74) is 2.20. The molecule has 0 aliphatic carbocycles. The van der Waals surface area contributed by atoms with Crippen molar-refractivity contribution in [2.75, 3.05) is 0 Å². The Morgan fingerprint density at radius 1 is 1.09 bits per heavy atom. The van der Waals surface area contributed by atoms with Crippen molar-refractivity contribution >= 4 is 17.2 Å². The van der Waals surface area contributed by atoms with Crippen molar-refractivity contribution in [2.24, 2.45) is 0 Å². The van der Waals surface area contributed by atoms with Gasteiger partial charge < -0.3 is 15.0 Å². The Hall–Kier alpha value is -3.78. The number of amides is 1. The first-order chi connectivity index (χ1) is 15.5. The van der Waals surface area contributed by atoms with Crippen LogP contribution in [-0.4, -0.2) is 15.9 Å². The number of carbonyl (C=O) groups is 1. The quantitative estimate of drug-likeness (QED) is 0.437. The lowest BCUT2D eigenvalue weighted by molar-refractivity contribution is 0.0954. The number of halogens is 1. The average Bonchev–Trinajstić information content (AvgIpc) is 3.19. The summed E-state index contributed by atoms with van der Waals surface area (Å²) in [4.78, 5) is 32.8. The number of pyridine rings is 1. The second-order valence-electron chi connectivity index (χ2n) is 7.06. The van der Waals surface area contributed by atoms with Gasteiger partial charge in [-0.05, 0) is 36.2 Å². The Bertz CT molecular complexity index is 1280. The highest BCUT2D eigenvalue weighted by Gasteiger charge is 2.21. The fourth-order valence-corrected chi connectivity index (χ4v) is 4.13. The Labute approximate surface area is 187 Å². The molecule has 2 aromatic carbocycles. The first-order valence-electron chi connectivity index (χ1n) is 9.90. The maximum Gasteiger partial charge on any atom is 0.263 e. The number of aromatic nitrogens is 2. The van der Waals surface area contributed by atoms with Gasteiger partial charge in [0.1, 0.15) is 33.6 Å². The molecule has 0 fully saturated rings. The summed E-state index contributed by atoms with van der Waals surface area (Å²) in [7, 11) is 0. The summed E-state index contributed by atoms with van der Waals surface area (Å²) in [6, 6.07) is 17.2. The van der Waals surface area contributed by atoms with Gasteiger partial charge in [-0.1, -0.05) is 42.5 Å². The molecular formula is C24H20FN3O3S. The Morgan fingerprint density at radius 2 is 1.84 bits per heavy atom. The van der Waals surface area contributed by atoms with Gasteiger partial charge in [0, 0.05) is 12.7 Å². The smallest absolute Gasteiger partial charge is 0.263 e. The van der Waals surface area contributed by atoms with Crippen molar-refractivity contribution in [3.8, 4) is 16.3 Å². The van der Waals surface area contributed by atoms with Gasteiger partial charge in [-0.25, -0.2) is 9.37 Å². The Morgan fingerprint density at radius 3 is 2.59 bits per heavy atom. The molecule has 1 amide bonds. The molecule has 0 saturated carbocycles. The van der Waals surface area contributed by atoms with Crippen LogP contribution < -0.4 is 15.6 Å². The van der Waals surface area contributed by atoms with E-state index >= 15 is 0 Å². The summed E-state index contributed by atoms with van der Waals surface area (Å²) < 4.78 is 19.0. The first-order valence-corrected chi connectivity index (χ1v) is 10.7. The minimum Gasteiger partial charge on any atom is -0.488 e. The van der Waals surface area contributed by atoms with E-state index in [0.717, 1.165) is 22.5 Å². The molecule has 0 saturated heterocycles. The Balaban J connectivity index is 1.54. The summed E-state index contributed by atoms with van der Waals surface area (Å²) in [6.45, 7) is 2.27. The van der Waals surface area contributed by atoms with Crippen LogP contribution in [0.5, 0.6) is 5.75 Å². The number of aromatic amines is 1. The highest BCUT2D eigenvalue weighted by Crippen LogP contribution is 2.32. The number of aryl methyl sites for hydroxylation is 1. The number of nitrogens with one attached hydrogen (secondary N) is 2. The van der Waals surface area contributed by atoms with E-state index in [1.54, 1.807) is 25.1 Å². The molecule has 0 bridgehead atoms. The van der Waals surface area contributed by atoms with Crippen LogP contribution >= 0.6 is 11.3 Å². The number of H-pyrrole nitrogens is 1. The summed E-state index contributed by atoms with van der Waals surface area (Å²) in [5, 5.41) is 3.21. The Kier molecular flexibility index (Phi) is 6.42. The fourth-order valence-electron chi connectivity index (χ4n) is 3.10. The molecule has 0 aliphatic heterocycles. The third-order valence-electron chi connectivity index (χ3n) is 4.74. The topological polar surface area (TPSA) is 84.1 Å². The zero-order valence-corrected chi connectivity index (χ0v) is 18.0. The van der Waals surface area contributed by atoms with Crippen LogP contribution in [-0.2, 0) is 13.2 Å². The van der Waals surface area contributed by atoms with Crippen molar-refractivity contribution < 1.29 is 13.9 Å². The lowest BCUT2D eigenvalue weighted by Gasteiger charge is -2.09. The van der Waals surface area contributed by atoms with Gasteiger partial charge in [-0.3, -0.25) is 9.59 Å². The number of hydrogen-bond acceptors (Lipinski definition) is 5. The predicted molar refractivity (Wildman–Crippen MR) is 121 cm³/mol. The van der Waals surface area contributed by atoms with E-state index < -0.39 is 0 Å². The number of hydrogen-bond donors (Lipinski definition) is 2. The van der Waals surface area contributed by atoms with E-state index in [2.05, 4.69) is 15.3 Å². The second kappa shape index (κ2) is 9.57. The van der Waals surface area contributed by atoms with Gasteiger partial charge in [0.25, 0.3) is 11.5 Å². The van der Waals surface area contributed by atoms with E-state index in [4.69, 9.17) is 4.74 Å². The number of nitrogens with zero attached hydrogens (tertiary/aromatic N) is 1. The molecule has 6 nitrogen and oxygen atoms in total. The molecule has 2 heterocycles. The number of benzene rings is 2. The van der Waals surface area contributed by atoms with Gasteiger partial charge in [0.15, 0.2) is 0 Å². The minimum atomic E-state index is -0.345. The first kappa shape index (κ1) is 21.5. The lowest BCUT2D eigenvalue weighted by Crippen LogP contribution is -2.22. The van der Waals surface area contributed by atoms with Gasteiger partial charge in [-0.2, -0.15) is 0 Å². The SMILES string of the molecule is Cc1nc(-c2c(OCc3ccccc3)cc[nH]c2=O)sc1C(=O)NCc1ccc(F)cc1. The van der Waals surface area contributed by atoms with Crippen molar-refractivity contribution in [3.05, 3.63) is 105 Å². The number of thiazole rings is 1. The van der Waals surface area contributed by atoms with Crippen LogP contribution in [0.1, 0.15) is 26.5 Å². The van der Waals surface area contributed by atoms with E-state index in [9.17, 15) is 14.0 Å². The molecule has 4 aromatic rings. The molecule has 0 unspecified atom stereocenters. The van der Waals surface area contributed by atoms with E-state index in [1.807, 2.05) is 30.3 Å². The van der Waals surface area contributed by atoms with Gasteiger partial charge >= 0.3 is 0 Å². The molecule has 32 heavy (non-hydrogen) atoms. The van der Waals surface area contributed by atoms with Crippen LogP contribution in [0.25, 0.3) is 10.6 Å². The van der Waals surface area contributed by atoms with E-state index in [1.165, 1.54) is 18.3 Å². The number of rotatable bonds is 7. The summed E-state index contributed by atoms with van der Waals surface area (Å²) in [6.07, 6.45) is 1.52. The van der Waals surface area contributed by atoms with Crippen molar-refractivity contribution in [1.29, 1.82) is 0 Å². The summed E-state index contributed by atoms with van der Waals surface area (Å²) >= 11 is 1.13. The second-order valence-corrected chi connectivity index (χ2v) is 8.06. The molecule has 162 valence electrons. The molecular weight excluding hydrogens is 429 g/mol. The van der Waals surface area contributed by atoms with Gasteiger partial charge in [0.2, 0.25) is 0 Å². The van der Waals surface area contributed by atoms with Gasteiger partial charge in [0.05, 0.1) is 5.69 Å². The van der Waals surface area contributed by atoms with Crippen LogP contribution in [0, 0.1) is 12.7 Å². The molecule has 0 spiro atoms. The highest BCUT2D eigenvalue weighted by molar-refractivity contribution is 7.17. The zero-order valence-electron chi connectivity index (χ0n) is 17.2. The number of carbonyl (C=O) groups excluding carboxylic acids is 1. The highest BCUT2D eigenvalue weighted by atomic mass is 32.1. The predicted octanol–water partition coefficient (Wildman–Crippen LogP) is 4.45. The maximum absolute atomic E-state index is 13.1. The molecule has 8 heteroatoms. The van der Waals surface area contributed by atoms with Crippen molar-refractivity contribution in [1.82, 2.24) is 15.3 Å². The maximum atomic E-state index is 13.1. The molecule has 0 atom stereocenters. The van der Waals surface area contributed by atoms with Crippen LogP contribution in [0.15, 0.2) is 71.7 Å². The molecule has 2 aromatic heterocycles. The van der Waals surface area contributed by atoms with E-state index in [0.29, 0.717) is 27.9 Å². The minimum absolute atomic E-state index is 0.253. The summed E-state index contributed by atoms with van der Waals surface area (Å²) in [5.74, 6) is -0.249. The molecule has 0 radical (unpaired) electrons. The normalized spacial score (nSPS) is 10.7.